The van der Waals surface area contributed by atoms with Crippen molar-refractivity contribution in [3.8, 4) is 0 Å². The molecule has 1 saturated heterocycles. The number of esters is 1. The molecule has 22 heavy (non-hydrogen) atoms. The predicted octanol–water partition coefficient (Wildman–Crippen LogP) is 1.21. The Balaban J connectivity index is 2.47. The van der Waals surface area contributed by atoms with E-state index in [4.69, 9.17) is 14.2 Å². The lowest BCUT2D eigenvalue weighted by atomic mass is 9.89. The van der Waals surface area contributed by atoms with Crippen molar-refractivity contribution in [2.45, 2.75) is 58.2 Å². The summed E-state index contributed by atoms with van der Waals surface area (Å²) in [6.45, 7) is 10.6. The molecule has 1 amide bonds. The van der Waals surface area contributed by atoms with Gasteiger partial charge in [0.1, 0.15) is 5.60 Å². The molecule has 1 rings (SSSR count). The number of carbonyl (C=O) groups is 2. The van der Waals surface area contributed by atoms with Crippen molar-refractivity contribution in [2.24, 2.45) is 0 Å². The fraction of sp³-hybridized carbons (Fsp3) is 0.867. The number of ether oxygens (including phenoxy) is 3. The van der Waals surface area contributed by atoms with Crippen molar-refractivity contribution in [2.75, 3.05) is 26.4 Å². The van der Waals surface area contributed by atoms with Crippen molar-refractivity contribution in [3.05, 3.63) is 0 Å². The van der Waals surface area contributed by atoms with Gasteiger partial charge in [-0.1, -0.05) is 6.92 Å². The minimum Gasteiger partial charge on any atom is -0.465 e. The first kappa shape index (κ1) is 18.7. The van der Waals surface area contributed by atoms with Gasteiger partial charge in [0.25, 0.3) is 0 Å². The summed E-state index contributed by atoms with van der Waals surface area (Å²) < 4.78 is 15.5. The van der Waals surface area contributed by atoms with Gasteiger partial charge in [-0.15, -0.1) is 0 Å². The number of hydrogen-bond donors (Lipinski definition) is 2. The van der Waals surface area contributed by atoms with Gasteiger partial charge < -0.3 is 19.5 Å². The van der Waals surface area contributed by atoms with Crippen LogP contribution in [-0.4, -0.2) is 55.6 Å². The zero-order valence-corrected chi connectivity index (χ0v) is 14.2. The number of rotatable bonds is 7. The fourth-order valence-corrected chi connectivity index (χ4v) is 1.96. The Morgan fingerprint density at radius 3 is 2.41 bits per heavy atom. The summed E-state index contributed by atoms with van der Waals surface area (Å²) in [5.41, 5.74) is -1.02. The van der Waals surface area contributed by atoms with Gasteiger partial charge in [0.05, 0.1) is 37.9 Å². The molecular formula is C15H28N2O5. The minimum absolute atomic E-state index is 0.0870. The van der Waals surface area contributed by atoms with Crippen LogP contribution in [0.25, 0.3) is 0 Å². The van der Waals surface area contributed by atoms with E-state index in [0.29, 0.717) is 19.8 Å². The second-order valence-electron chi connectivity index (χ2n) is 6.59. The van der Waals surface area contributed by atoms with Gasteiger partial charge in [0.15, 0.2) is 0 Å². The van der Waals surface area contributed by atoms with Gasteiger partial charge in [-0.25, -0.2) is 4.79 Å². The lowest BCUT2D eigenvalue weighted by molar-refractivity contribution is -0.145. The van der Waals surface area contributed by atoms with Gasteiger partial charge in [-0.2, -0.15) is 0 Å². The largest absolute Gasteiger partial charge is 0.465 e. The number of amides is 1. The Morgan fingerprint density at radius 1 is 1.32 bits per heavy atom. The van der Waals surface area contributed by atoms with Crippen molar-refractivity contribution >= 4 is 12.1 Å². The van der Waals surface area contributed by atoms with E-state index in [1.54, 1.807) is 0 Å². The normalized spacial score (nSPS) is 18.0. The molecular weight excluding hydrogens is 288 g/mol. The van der Waals surface area contributed by atoms with Crippen LogP contribution in [-0.2, 0) is 19.0 Å². The molecule has 1 atom stereocenters. The Bertz CT molecular complexity index is 388. The highest BCUT2D eigenvalue weighted by atomic mass is 16.6. The molecule has 128 valence electrons. The van der Waals surface area contributed by atoms with Gasteiger partial charge in [-0.05, 0) is 34.1 Å². The molecule has 0 radical (unpaired) electrons. The summed E-state index contributed by atoms with van der Waals surface area (Å²) in [5, 5.41) is 5.93. The summed E-state index contributed by atoms with van der Waals surface area (Å²) >= 11 is 0. The summed E-state index contributed by atoms with van der Waals surface area (Å²) in [4.78, 5) is 23.4. The minimum atomic E-state index is -0.551. The second kappa shape index (κ2) is 7.78. The van der Waals surface area contributed by atoms with Crippen LogP contribution in [0.15, 0.2) is 0 Å². The SMILES string of the molecule is CCCOC(=O)CNC1([C@@H](C)NC(=O)OC(C)(C)C)COC1. The summed E-state index contributed by atoms with van der Waals surface area (Å²) in [7, 11) is 0. The Labute approximate surface area is 132 Å². The fourth-order valence-electron chi connectivity index (χ4n) is 1.96. The number of alkyl carbamates (subject to hydrolysis) is 1. The van der Waals surface area contributed by atoms with Crippen molar-refractivity contribution < 1.29 is 23.8 Å². The second-order valence-corrected chi connectivity index (χ2v) is 6.59. The highest BCUT2D eigenvalue weighted by molar-refractivity contribution is 5.72. The molecule has 2 N–H and O–H groups in total. The van der Waals surface area contributed by atoms with E-state index in [2.05, 4.69) is 10.6 Å². The van der Waals surface area contributed by atoms with E-state index < -0.39 is 17.2 Å². The topological polar surface area (TPSA) is 85.9 Å². The number of carbonyl (C=O) groups excluding carboxylic acids is 2. The Morgan fingerprint density at radius 2 is 1.95 bits per heavy atom. The zero-order valence-electron chi connectivity index (χ0n) is 14.2. The van der Waals surface area contributed by atoms with Crippen LogP contribution >= 0.6 is 0 Å². The number of hydrogen-bond acceptors (Lipinski definition) is 6. The first-order chi connectivity index (χ1) is 10.2. The molecule has 1 heterocycles. The standard InChI is InChI=1S/C15H28N2O5/c1-6-7-21-12(18)8-16-15(9-20-10-15)11(2)17-13(19)22-14(3,4)5/h11,16H,6-10H2,1-5H3,(H,17,19)/t11-/m1/s1. The maximum Gasteiger partial charge on any atom is 0.407 e. The maximum atomic E-state index is 11.8. The van der Waals surface area contributed by atoms with Crippen LogP contribution in [0, 0.1) is 0 Å². The maximum absolute atomic E-state index is 11.8. The third-order valence-corrected chi connectivity index (χ3v) is 3.33. The van der Waals surface area contributed by atoms with E-state index in [9.17, 15) is 9.59 Å². The average molecular weight is 316 g/mol. The smallest absolute Gasteiger partial charge is 0.407 e. The molecule has 0 unspecified atom stereocenters. The lowest BCUT2D eigenvalue weighted by Crippen LogP contribution is -2.71. The van der Waals surface area contributed by atoms with Crippen LogP contribution in [0.5, 0.6) is 0 Å². The summed E-state index contributed by atoms with van der Waals surface area (Å²) in [6, 6.07) is -0.241. The molecule has 1 aliphatic heterocycles. The highest BCUT2D eigenvalue weighted by Crippen LogP contribution is 2.21. The zero-order chi connectivity index (χ0) is 16.8. The first-order valence-corrected chi connectivity index (χ1v) is 7.66. The van der Waals surface area contributed by atoms with Crippen molar-refractivity contribution in [1.29, 1.82) is 0 Å². The van der Waals surface area contributed by atoms with Crippen LogP contribution in [0.4, 0.5) is 4.79 Å². The molecule has 7 heteroatoms. The van der Waals surface area contributed by atoms with Gasteiger partial charge in [0.2, 0.25) is 0 Å². The molecule has 0 aromatic rings. The molecule has 0 aromatic carbocycles. The van der Waals surface area contributed by atoms with Crippen LogP contribution < -0.4 is 10.6 Å². The molecule has 1 aliphatic rings. The first-order valence-electron chi connectivity index (χ1n) is 7.66. The van der Waals surface area contributed by atoms with Gasteiger partial charge in [-0.3, -0.25) is 10.1 Å². The van der Waals surface area contributed by atoms with E-state index in [1.807, 2.05) is 34.6 Å². The summed E-state index contributed by atoms with van der Waals surface area (Å²) in [6.07, 6.45) is 0.304. The Kier molecular flexibility index (Phi) is 6.62. The van der Waals surface area contributed by atoms with E-state index >= 15 is 0 Å². The third kappa shape index (κ3) is 5.81. The van der Waals surface area contributed by atoms with E-state index in [0.717, 1.165) is 6.42 Å². The molecule has 0 spiro atoms. The van der Waals surface area contributed by atoms with Crippen LogP contribution in [0.1, 0.15) is 41.0 Å². The molecule has 0 aliphatic carbocycles. The van der Waals surface area contributed by atoms with Gasteiger partial charge >= 0.3 is 12.1 Å². The van der Waals surface area contributed by atoms with Crippen LogP contribution in [0.3, 0.4) is 0 Å². The highest BCUT2D eigenvalue weighted by Gasteiger charge is 2.44. The monoisotopic (exact) mass is 316 g/mol. The molecule has 0 saturated carbocycles. The molecule has 0 bridgehead atoms. The lowest BCUT2D eigenvalue weighted by Gasteiger charge is -2.46. The van der Waals surface area contributed by atoms with Crippen molar-refractivity contribution in [3.63, 3.8) is 0 Å². The van der Waals surface area contributed by atoms with Crippen molar-refractivity contribution in [1.82, 2.24) is 10.6 Å². The van der Waals surface area contributed by atoms with Gasteiger partial charge in [0, 0.05) is 0 Å². The molecule has 7 nitrogen and oxygen atoms in total. The quantitative estimate of drug-likeness (QED) is 0.687. The molecule has 1 fully saturated rings. The van der Waals surface area contributed by atoms with E-state index in [1.165, 1.54) is 0 Å². The summed E-state index contributed by atoms with van der Waals surface area (Å²) in [5.74, 6) is -0.308. The van der Waals surface area contributed by atoms with Crippen LogP contribution in [0.2, 0.25) is 0 Å². The third-order valence-electron chi connectivity index (χ3n) is 3.33. The average Bonchev–Trinajstić information content (AvgIpc) is 2.32. The predicted molar refractivity (Wildman–Crippen MR) is 81.6 cm³/mol. The number of nitrogens with one attached hydrogen (secondary N) is 2. The van der Waals surface area contributed by atoms with E-state index in [-0.39, 0.29) is 18.6 Å². The molecule has 0 aromatic heterocycles. The Hall–Kier alpha value is -1.34.